The molecular formula is C13H12ClNOS2. The molecule has 2 rings (SSSR count). The summed E-state index contributed by atoms with van der Waals surface area (Å²) in [6, 6.07) is 8.37. The molecule has 94 valence electrons. The third-order valence-corrected chi connectivity index (χ3v) is 4.64. The van der Waals surface area contributed by atoms with Crippen molar-refractivity contribution in [2.45, 2.75) is 17.6 Å². The fourth-order valence-corrected chi connectivity index (χ4v) is 3.21. The van der Waals surface area contributed by atoms with Crippen LogP contribution in [0.3, 0.4) is 0 Å². The Bertz CT molecular complexity index is 536. The summed E-state index contributed by atoms with van der Waals surface area (Å²) in [7, 11) is 0. The fraction of sp³-hybridized carbons (Fsp3) is 0.231. The van der Waals surface area contributed by atoms with E-state index in [2.05, 4.69) is 36.2 Å². The molecule has 0 saturated heterocycles. The number of carbonyl (C=O) groups is 1. The first-order chi connectivity index (χ1) is 8.69. The van der Waals surface area contributed by atoms with E-state index in [-0.39, 0.29) is 11.7 Å². The Morgan fingerprint density at radius 2 is 2.11 bits per heavy atom. The van der Waals surface area contributed by atoms with Crippen LogP contribution in [-0.2, 0) is 5.75 Å². The molecule has 0 aliphatic heterocycles. The minimum absolute atomic E-state index is 0.00568. The number of aryl methyl sites for hydroxylation is 1. The number of thiazole rings is 1. The van der Waals surface area contributed by atoms with Gasteiger partial charge in [-0.15, -0.1) is 34.7 Å². The smallest absolute Gasteiger partial charge is 0.196 e. The number of benzene rings is 1. The normalized spacial score (nSPS) is 10.6. The summed E-state index contributed by atoms with van der Waals surface area (Å²) >= 11 is 8.72. The van der Waals surface area contributed by atoms with E-state index in [1.165, 1.54) is 21.8 Å². The highest BCUT2D eigenvalue weighted by atomic mass is 35.5. The van der Waals surface area contributed by atoms with Crippen LogP contribution in [0.2, 0.25) is 0 Å². The second-order valence-corrected chi connectivity index (χ2v) is 6.04. The molecule has 1 aromatic carbocycles. The van der Waals surface area contributed by atoms with Gasteiger partial charge in [0.15, 0.2) is 5.78 Å². The molecule has 1 heterocycles. The highest BCUT2D eigenvalue weighted by molar-refractivity contribution is 7.98. The van der Waals surface area contributed by atoms with Crippen molar-refractivity contribution >= 4 is 40.5 Å². The predicted octanol–water partition coefficient (Wildman–Crippen LogP) is 4.17. The Labute approximate surface area is 119 Å². The number of Topliss-reactive ketones (excluding diaryl/α,β-unsaturated/α-hetero) is 1. The molecule has 0 aliphatic rings. The lowest BCUT2D eigenvalue weighted by Crippen LogP contribution is -2.00. The van der Waals surface area contributed by atoms with Crippen molar-refractivity contribution in [3.8, 4) is 0 Å². The fourth-order valence-electron chi connectivity index (χ4n) is 1.35. The minimum atomic E-state index is -0.112. The number of alkyl halides is 1. The van der Waals surface area contributed by atoms with Crippen LogP contribution in [-0.4, -0.2) is 16.6 Å². The second kappa shape index (κ2) is 6.36. The van der Waals surface area contributed by atoms with Crippen LogP contribution < -0.4 is 0 Å². The van der Waals surface area contributed by atoms with Crippen molar-refractivity contribution in [1.82, 2.24) is 4.98 Å². The Kier molecular flexibility index (Phi) is 4.80. The Morgan fingerprint density at radius 1 is 1.39 bits per heavy atom. The summed E-state index contributed by atoms with van der Waals surface area (Å²) in [6.07, 6.45) is 0. The maximum atomic E-state index is 11.3. The zero-order valence-corrected chi connectivity index (χ0v) is 12.2. The molecule has 0 saturated carbocycles. The van der Waals surface area contributed by atoms with E-state index in [0.29, 0.717) is 5.69 Å². The van der Waals surface area contributed by atoms with Crippen LogP contribution in [0.15, 0.2) is 34.5 Å². The van der Waals surface area contributed by atoms with Crippen molar-refractivity contribution in [3.63, 3.8) is 0 Å². The van der Waals surface area contributed by atoms with Crippen LogP contribution in [0.5, 0.6) is 0 Å². The van der Waals surface area contributed by atoms with Gasteiger partial charge in [0, 0.05) is 10.3 Å². The van der Waals surface area contributed by atoms with Crippen molar-refractivity contribution in [2.75, 3.05) is 5.88 Å². The summed E-state index contributed by atoms with van der Waals surface area (Å²) in [5.41, 5.74) is 1.73. The minimum Gasteiger partial charge on any atom is -0.291 e. The Balaban J connectivity index is 1.96. The Hall–Kier alpha value is -0.840. The van der Waals surface area contributed by atoms with Crippen molar-refractivity contribution in [2.24, 2.45) is 0 Å². The predicted molar refractivity (Wildman–Crippen MR) is 77.9 cm³/mol. The molecule has 0 N–H and O–H groups in total. The molecule has 0 atom stereocenters. The molecule has 0 radical (unpaired) electrons. The number of halogens is 1. The van der Waals surface area contributed by atoms with Gasteiger partial charge in [0.25, 0.3) is 0 Å². The first kappa shape index (κ1) is 13.6. The highest BCUT2D eigenvalue weighted by Crippen LogP contribution is 2.24. The first-order valence-corrected chi connectivity index (χ1v) is 7.82. The first-order valence-electron chi connectivity index (χ1n) is 5.42. The molecular weight excluding hydrogens is 286 g/mol. The average Bonchev–Trinajstić information content (AvgIpc) is 2.86. The van der Waals surface area contributed by atoms with Crippen LogP contribution in [0, 0.1) is 6.92 Å². The average molecular weight is 298 g/mol. The van der Waals surface area contributed by atoms with E-state index in [0.717, 1.165) is 10.8 Å². The van der Waals surface area contributed by atoms with E-state index in [4.69, 9.17) is 11.6 Å². The number of hydrogen-bond donors (Lipinski definition) is 0. The van der Waals surface area contributed by atoms with Gasteiger partial charge in [-0.3, -0.25) is 4.79 Å². The topological polar surface area (TPSA) is 30.0 Å². The molecule has 5 heteroatoms. The van der Waals surface area contributed by atoms with Gasteiger partial charge in [0.1, 0.15) is 10.7 Å². The summed E-state index contributed by atoms with van der Waals surface area (Å²) in [5.74, 6) is 0.664. The SMILES string of the molecule is Cc1ccc(SCc2nc(C(=O)CCl)cs2)cc1. The third kappa shape index (κ3) is 3.57. The maximum absolute atomic E-state index is 11.3. The molecule has 0 fully saturated rings. The number of aromatic nitrogens is 1. The molecule has 18 heavy (non-hydrogen) atoms. The van der Waals surface area contributed by atoms with E-state index in [9.17, 15) is 4.79 Å². The summed E-state index contributed by atoms with van der Waals surface area (Å²) in [4.78, 5) is 16.8. The molecule has 2 aromatic rings. The van der Waals surface area contributed by atoms with E-state index in [1.54, 1.807) is 17.1 Å². The van der Waals surface area contributed by atoms with Gasteiger partial charge in [-0.2, -0.15) is 0 Å². The standard InChI is InChI=1S/C13H12ClNOS2/c1-9-2-4-10(5-3-9)17-8-13-15-11(7-18-13)12(16)6-14/h2-5,7H,6,8H2,1H3. The van der Waals surface area contributed by atoms with E-state index >= 15 is 0 Å². The summed E-state index contributed by atoms with van der Waals surface area (Å²) in [5, 5.41) is 2.73. The lowest BCUT2D eigenvalue weighted by Gasteiger charge is -1.99. The maximum Gasteiger partial charge on any atom is 0.196 e. The van der Waals surface area contributed by atoms with Gasteiger partial charge < -0.3 is 0 Å². The lowest BCUT2D eigenvalue weighted by atomic mass is 10.2. The lowest BCUT2D eigenvalue weighted by molar-refractivity contribution is 0.101. The molecule has 2 nitrogen and oxygen atoms in total. The number of carbonyl (C=O) groups excluding carboxylic acids is 1. The molecule has 0 bridgehead atoms. The van der Waals surface area contributed by atoms with Crippen molar-refractivity contribution < 1.29 is 4.79 Å². The summed E-state index contributed by atoms with van der Waals surface area (Å²) < 4.78 is 0. The van der Waals surface area contributed by atoms with Crippen LogP contribution in [0.1, 0.15) is 21.1 Å². The zero-order chi connectivity index (χ0) is 13.0. The van der Waals surface area contributed by atoms with Crippen molar-refractivity contribution in [3.05, 3.63) is 45.9 Å². The zero-order valence-electron chi connectivity index (χ0n) is 9.85. The quantitative estimate of drug-likeness (QED) is 0.471. The molecule has 0 amide bonds. The van der Waals surface area contributed by atoms with Gasteiger partial charge >= 0.3 is 0 Å². The number of rotatable bonds is 5. The number of ketones is 1. The van der Waals surface area contributed by atoms with Gasteiger partial charge in [0.05, 0.1) is 11.6 Å². The van der Waals surface area contributed by atoms with Gasteiger partial charge in [-0.25, -0.2) is 4.98 Å². The van der Waals surface area contributed by atoms with Crippen LogP contribution in [0.4, 0.5) is 0 Å². The van der Waals surface area contributed by atoms with E-state index < -0.39 is 0 Å². The van der Waals surface area contributed by atoms with Crippen LogP contribution >= 0.6 is 34.7 Å². The Morgan fingerprint density at radius 3 is 2.78 bits per heavy atom. The molecule has 0 aliphatic carbocycles. The second-order valence-electron chi connectivity index (χ2n) is 3.79. The largest absolute Gasteiger partial charge is 0.291 e. The van der Waals surface area contributed by atoms with Gasteiger partial charge in [-0.05, 0) is 19.1 Å². The van der Waals surface area contributed by atoms with Crippen LogP contribution in [0.25, 0.3) is 0 Å². The van der Waals surface area contributed by atoms with Crippen molar-refractivity contribution in [1.29, 1.82) is 0 Å². The summed E-state index contributed by atoms with van der Waals surface area (Å²) in [6.45, 7) is 2.07. The highest BCUT2D eigenvalue weighted by Gasteiger charge is 2.09. The molecule has 0 unspecified atom stereocenters. The van der Waals surface area contributed by atoms with Gasteiger partial charge in [-0.1, -0.05) is 17.7 Å². The number of thioether (sulfide) groups is 1. The van der Waals surface area contributed by atoms with E-state index in [1.807, 2.05) is 0 Å². The van der Waals surface area contributed by atoms with Gasteiger partial charge in [0.2, 0.25) is 0 Å². The third-order valence-electron chi connectivity index (χ3n) is 2.34. The monoisotopic (exact) mass is 297 g/mol. The molecule has 0 spiro atoms. The number of hydrogen-bond acceptors (Lipinski definition) is 4. The number of nitrogens with zero attached hydrogens (tertiary/aromatic N) is 1. The molecule has 1 aromatic heterocycles.